The Bertz CT molecular complexity index is 469. The fourth-order valence-corrected chi connectivity index (χ4v) is 2.14. The molecular formula is C16H21NO3. The van der Waals surface area contributed by atoms with Gasteiger partial charge in [-0.1, -0.05) is 19.1 Å². The molecule has 0 bridgehead atoms. The maximum atomic E-state index is 12.2. The smallest absolute Gasteiger partial charge is 0.260 e. The van der Waals surface area contributed by atoms with Crippen molar-refractivity contribution in [2.75, 3.05) is 19.7 Å². The predicted molar refractivity (Wildman–Crippen MR) is 76.9 cm³/mol. The fourth-order valence-electron chi connectivity index (χ4n) is 2.14. The first-order chi connectivity index (χ1) is 9.74. The number of carbonyl (C=O) groups is 2. The van der Waals surface area contributed by atoms with Crippen molar-refractivity contribution < 1.29 is 14.3 Å². The highest BCUT2D eigenvalue weighted by Crippen LogP contribution is 2.29. The predicted octanol–water partition coefficient (Wildman–Crippen LogP) is 2.53. The highest BCUT2D eigenvalue weighted by atomic mass is 16.5. The molecule has 1 saturated carbocycles. The Hall–Kier alpha value is -1.84. The zero-order valence-electron chi connectivity index (χ0n) is 11.9. The maximum Gasteiger partial charge on any atom is 0.260 e. The lowest BCUT2D eigenvalue weighted by Gasteiger charge is -2.22. The van der Waals surface area contributed by atoms with Gasteiger partial charge >= 0.3 is 0 Å². The summed E-state index contributed by atoms with van der Waals surface area (Å²) in [5.41, 5.74) is 0.476. The summed E-state index contributed by atoms with van der Waals surface area (Å²) in [7, 11) is 0. The standard InChI is InChI=1S/C16H21NO3/c1-2-9-17(10-13-7-8-13)16(19)12-20-15-6-4-3-5-14(15)11-18/h3-6,11,13H,2,7-10,12H2,1H3. The molecule has 4 nitrogen and oxygen atoms in total. The second-order valence-corrected chi connectivity index (χ2v) is 5.23. The van der Waals surface area contributed by atoms with Crippen LogP contribution in [0, 0.1) is 5.92 Å². The van der Waals surface area contributed by atoms with Gasteiger partial charge in [-0.15, -0.1) is 0 Å². The lowest BCUT2D eigenvalue weighted by atomic mass is 10.2. The van der Waals surface area contributed by atoms with Crippen molar-refractivity contribution in [3.8, 4) is 5.75 Å². The monoisotopic (exact) mass is 275 g/mol. The van der Waals surface area contributed by atoms with Crippen LogP contribution in [0.25, 0.3) is 0 Å². The molecule has 0 saturated heterocycles. The lowest BCUT2D eigenvalue weighted by molar-refractivity contribution is -0.133. The molecule has 0 heterocycles. The average Bonchev–Trinajstić information content (AvgIpc) is 3.28. The molecule has 4 heteroatoms. The van der Waals surface area contributed by atoms with E-state index in [9.17, 15) is 9.59 Å². The molecule has 1 fully saturated rings. The van der Waals surface area contributed by atoms with Crippen LogP contribution >= 0.6 is 0 Å². The van der Waals surface area contributed by atoms with Gasteiger partial charge in [0, 0.05) is 13.1 Å². The summed E-state index contributed by atoms with van der Waals surface area (Å²) in [6, 6.07) is 6.96. The van der Waals surface area contributed by atoms with Crippen molar-refractivity contribution in [2.24, 2.45) is 5.92 Å². The molecular weight excluding hydrogens is 254 g/mol. The molecule has 0 N–H and O–H groups in total. The fraction of sp³-hybridized carbons (Fsp3) is 0.500. The Morgan fingerprint density at radius 3 is 2.80 bits per heavy atom. The van der Waals surface area contributed by atoms with Gasteiger partial charge in [0.2, 0.25) is 0 Å². The minimum atomic E-state index is -0.00241. The van der Waals surface area contributed by atoms with Gasteiger partial charge in [0.05, 0.1) is 5.56 Å². The lowest BCUT2D eigenvalue weighted by Crippen LogP contribution is -2.37. The molecule has 20 heavy (non-hydrogen) atoms. The molecule has 1 aromatic rings. The van der Waals surface area contributed by atoms with Crippen LogP contribution < -0.4 is 4.74 Å². The van der Waals surface area contributed by atoms with E-state index in [1.54, 1.807) is 24.3 Å². The molecule has 1 aliphatic rings. The Balaban J connectivity index is 1.90. The zero-order valence-corrected chi connectivity index (χ0v) is 11.9. The first kappa shape index (κ1) is 14.6. The SMILES string of the molecule is CCCN(CC1CC1)C(=O)COc1ccccc1C=O. The van der Waals surface area contributed by atoms with E-state index in [2.05, 4.69) is 6.92 Å². The maximum absolute atomic E-state index is 12.2. The van der Waals surface area contributed by atoms with Crippen LogP contribution in [0.5, 0.6) is 5.75 Å². The second-order valence-electron chi connectivity index (χ2n) is 5.23. The van der Waals surface area contributed by atoms with Crippen molar-refractivity contribution in [3.05, 3.63) is 29.8 Å². The highest BCUT2D eigenvalue weighted by Gasteiger charge is 2.26. The number of carbonyl (C=O) groups excluding carboxylic acids is 2. The van der Waals surface area contributed by atoms with Crippen molar-refractivity contribution in [2.45, 2.75) is 26.2 Å². The van der Waals surface area contributed by atoms with E-state index in [0.717, 1.165) is 25.8 Å². The van der Waals surface area contributed by atoms with E-state index in [0.29, 0.717) is 17.2 Å². The van der Waals surface area contributed by atoms with Gasteiger partial charge < -0.3 is 9.64 Å². The molecule has 0 unspecified atom stereocenters. The first-order valence-electron chi connectivity index (χ1n) is 7.19. The number of nitrogens with zero attached hydrogens (tertiary/aromatic N) is 1. The van der Waals surface area contributed by atoms with Gasteiger partial charge in [0.25, 0.3) is 5.91 Å². The number of rotatable bonds is 8. The summed E-state index contributed by atoms with van der Waals surface area (Å²) >= 11 is 0. The molecule has 0 radical (unpaired) electrons. The summed E-state index contributed by atoms with van der Waals surface area (Å²) in [5.74, 6) is 1.14. The molecule has 0 aliphatic heterocycles. The quantitative estimate of drug-likeness (QED) is 0.685. The third-order valence-corrected chi connectivity index (χ3v) is 3.42. The minimum absolute atomic E-state index is 0.000507. The van der Waals surface area contributed by atoms with Crippen molar-refractivity contribution in [1.82, 2.24) is 4.90 Å². The van der Waals surface area contributed by atoms with Gasteiger partial charge in [-0.05, 0) is 37.3 Å². The Morgan fingerprint density at radius 2 is 2.15 bits per heavy atom. The van der Waals surface area contributed by atoms with Gasteiger partial charge in [0.15, 0.2) is 12.9 Å². The Morgan fingerprint density at radius 1 is 1.40 bits per heavy atom. The molecule has 1 amide bonds. The number of hydrogen-bond donors (Lipinski definition) is 0. The first-order valence-corrected chi connectivity index (χ1v) is 7.19. The van der Waals surface area contributed by atoms with Gasteiger partial charge in [-0.2, -0.15) is 0 Å². The minimum Gasteiger partial charge on any atom is -0.483 e. The van der Waals surface area contributed by atoms with Gasteiger partial charge in [0.1, 0.15) is 5.75 Å². The van der Waals surface area contributed by atoms with E-state index in [4.69, 9.17) is 4.74 Å². The molecule has 1 aliphatic carbocycles. The molecule has 0 spiro atoms. The topological polar surface area (TPSA) is 46.6 Å². The van der Waals surface area contributed by atoms with Crippen LogP contribution in [0.3, 0.4) is 0 Å². The Labute approximate surface area is 119 Å². The number of benzene rings is 1. The van der Waals surface area contributed by atoms with E-state index in [1.165, 1.54) is 12.8 Å². The summed E-state index contributed by atoms with van der Waals surface area (Å²) in [6.45, 7) is 3.67. The van der Waals surface area contributed by atoms with Crippen LogP contribution in [0.1, 0.15) is 36.5 Å². The van der Waals surface area contributed by atoms with Crippen molar-refractivity contribution in [1.29, 1.82) is 0 Å². The van der Waals surface area contributed by atoms with E-state index < -0.39 is 0 Å². The number of hydrogen-bond acceptors (Lipinski definition) is 3. The average molecular weight is 275 g/mol. The van der Waals surface area contributed by atoms with Crippen LogP contribution in [-0.4, -0.2) is 36.8 Å². The number of ether oxygens (including phenoxy) is 1. The van der Waals surface area contributed by atoms with Crippen molar-refractivity contribution >= 4 is 12.2 Å². The van der Waals surface area contributed by atoms with Crippen molar-refractivity contribution in [3.63, 3.8) is 0 Å². The number of amides is 1. The highest BCUT2D eigenvalue weighted by molar-refractivity contribution is 5.80. The normalized spacial score (nSPS) is 13.8. The summed E-state index contributed by atoms with van der Waals surface area (Å²) in [6.07, 6.45) is 4.14. The largest absolute Gasteiger partial charge is 0.483 e. The molecule has 108 valence electrons. The zero-order chi connectivity index (χ0) is 14.4. The molecule has 1 aromatic carbocycles. The summed E-state index contributed by atoms with van der Waals surface area (Å²) < 4.78 is 5.50. The third-order valence-electron chi connectivity index (χ3n) is 3.42. The van der Waals surface area contributed by atoms with E-state index >= 15 is 0 Å². The van der Waals surface area contributed by atoms with Gasteiger partial charge in [-0.25, -0.2) is 0 Å². The van der Waals surface area contributed by atoms with Crippen LogP contribution in [-0.2, 0) is 4.79 Å². The molecule has 2 rings (SSSR count). The summed E-state index contributed by atoms with van der Waals surface area (Å²) in [4.78, 5) is 24.9. The van der Waals surface area contributed by atoms with Crippen LogP contribution in [0.4, 0.5) is 0 Å². The Kier molecular flexibility index (Phi) is 5.16. The molecule has 0 aromatic heterocycles. The van der Waals surface area contributed by atoms with Crippen LogP contribution in [0.15, 0.2) is 24.3 Å². The van der Waals surface area contributed by atoms with Crippen LogP contribution in [0.2, 0.25) is 0 Å². The summed E-state index contributed by atoms with van der Waals surface area (Å²) in [5, 5.41) is 0. The van der Waals surface area contributed by atoms with E-state index in [1.807, 2.05) is 4.90 Å². The molecule has 0 atom stereocenters. The second kappa shape index (κ2) is 7.08. The number of aldehydes is 1. The van der Waals surface area contributed by atoms with Gasteiger partial charge in [-0.3, -0.25) is 9.59 Å². The number of para-hydroxylation sites is 1. The third kappa shape index (κ3) is 4.08. The van der Waals surface area contributed by atoms with E-state index in [-0.39, 0.29) is 12.5 Å².